The Morgan fingerprint density at radius 2 is 2.00 bits per heavy atom. The molecule has 0 atom stereocenters. The van der Waals surface area contributed by atoms with E-state index in [-0.39, 0.29) is 5.91 Å². The standard InChI is InChI=1S/C21H26N6O/c1-15-12-19(27-10-4-5-11-27)26-21(25-15)23-9-8-22-20(28)13-16-14-24-18-7-3-2-6-17(16)18/h2-3,6-7,12,14,24H,4-5,8-11,13H2,1H3,(H,22,28)(H,23,25,26). The number of aromatic nitrogens is 3. The van der Waals surface area contributed by atoms with Gasteiger partial charge in [-0.1, -0.05) is 18.2 Å². The lowest BCUT2D eigenvalue weighted by molar-refractivity contribution is -0.120. The van der Waals surface area contributed by atoms with Crippen LogP contribution in [0.25, 0.3) is 10.9 Å². The van der Waals surface area contributed by atoms with Crippen LogP contribution in [0, 0.1) is 6.92 Å². The first-order valence-corrected chi connectivity index (χ1v) is 9.85. The van der Waals surface area contributed by atoms with Gasteiger partial charge in [-0.15, -0.1) is 0 Å². The van der Waals surface area contributed by atoms with Gasteiger partial charge in [0.05, 0.1) is 6.42 Å². The first-order valence-electron chi connectivity index (χ1n) is 9.85. The lowest BCUT2D eigenvalue weighted by atomic mass is 10.1. The van der Waals surface area contributed by atoms with E-state index < -0.39 is 0 Å². The third-order valence-electron chi connectivity index (χ3n) is 5.03. The van der Waals surface area contributed by atoms with Crippen LogP contribution in [0.4, 0.5) is 11.8 Å². The summed E-state index contributed by atoms with van der Waals surface area (Å²) >= 11 is 0. The molecule has 3 aromatic rings. The fraction of sp³-hybridized carbons (Fsp3) is 0.381. The Kier molecular flexibility index (Phi) is 5.41. The van der Waals surface area contributed by atoms with Crippen LogP contribution >= 0.6 is 0 Å². The van der Waals surface area contributed by atoms with E-state index in [1.165, 1.54) is 12.8 Å². The topological polar surface area (TPSA) is 85.9 Å². The molecule has 0 spiro atoms. The fourth-order valence-electron chi connectivity index (χ4n) is 3.63. The lowest BCUT2D eigenvalue weighted by Crippen LogP contribution is -2.30. The predicted molar refractivity (Wildman–Crippen MR) is 112 cm³/mol. The number of hydrogen-bond donors (Lipinski definition) is 3. The number of amides is 1. The minimum atomic E-state index is 0.00877. The Labute approximate surface area is 164 Å². The minimum absolute atomic E-state index is 0.00877. The van der Waals surface area contributed by atoms with Crippen molar-refractivity contribution >= 4 is 28.6 Å². The summed E-state index contributed by atoms with van der Waals surface area (Å²) in [6, 6.07) is 10.0. The summed E-state index contributed by atoms with van der Waals surface area (Å²) < 4.78 is 0. The SMILES string of the molecule is Cc1cc(N2CCCC2)nc(NCCNC(=O)Cc2c[nH]c3ccccc23)n1. The number of rotatable bonds is 7. The van der Waals surface area contributed by atoms with Gasteiger partial charge in [0.25, 0.3) is 0 Å². The van der Waals surface area contributed by atoms with Crippen LogP contribution in [0.5, 0.6) is 0 Å². The molecule has 3 N–H and O–H groups in total. The molecule has 0 radical (unpaired) electrons. The summed E-state index contributed by atoms with van der Waals surface area (Å²) in [5.41, 5.74) is 3.01. The molecular formula is C21H26N6O. The van der Waals surface area contributed by atoms with Crippen molar-refractivity contribution in [2.24, 2.45) is 0 Å². The number of nitrogens with zero attached hydrogens (tertiary/aromatic N) is 3. The molecule has 1 fully saturated rings. The normalized spacial score (nSPS) is 13.8. The first kappa shape index (κ1) is 18.3. The van der Waals surface area contributed by atoms with Crippen molar-refractivity contribution in [3.63, 3.8) is 0 Å². The molecule has 4 rings (SSSR count). The molecule has 7 heteroatoms. The quantitative estimate of drug-likeness (QED) is 0.550. The van der Waals surface area contributed by atoms with Crippen LogP contribution < -0.4 is 15.5 Å². The van der Waals surface area contributed by atoms with Gasteiger partial charge in [-0.25, -0.2) is 4.98 Å². The van der Waals surface area contributed by atoms with Crippen molar-refractivity contribution < 1.29 is 4.79 Å². The zero-order valence-corrected chi connectivity index (χ0v) is 16.2. The molecule has 28 heavy (non-hydrogen) atoms. The number of H-pyrrole nitrogens is 1. The minimum Gasteiger partial charge on any atom is -0.361 e. The Morgan fingerprint density at radius 1 is 1.18 bits per heavy atom. The highest BCUT2D eigenvalue weighted by Gasteiger charge is 2.15. The number of carbonyl (C=O) groups excluding carboxylic acids is 1. The van der Waals surface area contributed by atoms with Crippen LogP contribution in [-0.2, 0) is 11.2 Å². The molecule has 1 aromatic carbocycles. The molecule has 7 nitrogen and oxygen atoms in total. The maximum absolute atomic E-state index is 12.3. The highest BCUT2D eigenvalue weighted by molar-refractivity contribution is 5.88. The van der Waals surface area contributed by atoms with Crippen molar-refractivity contribution in [3.05, 3.63) is 47.8 Å². The predicted octanol–water partition coefficient (Wildman–Crippen LogP) is 2.64. The van der Waals surface area contributed by atoms with Crippen molar-refractivity contribution in [1.82, 2.24) is 20.3 Å². The first-order chi connectivity index (χ1) is 13.7. The largest absolute Gasteiger partial charge is 0.361 e. The molecule has 0 saturated carbocycles. The van der Waals surface area contributed by atoms with Gasteiger partial charge in [-0.3, -0.25) is 4.79 Å². The van der Waals surface area contributed by atoms with Gasteiger partial charge in [0.2, 0.25) is 11.9 Å². The summed E-state index contributed by atoms with van der Waals surface area (Å²) in [4.78, 5) is 26.8. The number of aromatic amines is 1. The summed E-state index contributed by atoms with van der Waals surface area (Å²) in [6.07, 6.45) is 4.70. The van der Waals surface area contributed by atoms with Crippen LogP contribution in [0.3, 0.4) is 0 Å². The zero-order valence-electron chi connectivity index (χ0n) is 16.2. The van der Waals surface area contributed by atoms with Gasteiger partial charge in [0.1, 0.15) is 5.82 Å². The van der Waals surface area contributed by atoms with E-state index in [1.807, 2.05) is 43.5 Å². The summed E-state index contributed by atoms with van der Waals surface area (Å²) in [6.45, 7) is 5.20. The highest BCUT2D eigenvalue weighted by Crippen LogP contribution is 2.20. The number of fused-ring (bicyclic) bond motifs is 1. The van der Waals surface area contributed by atoms with E-state index in [2.05, 4.69) is 30.5 Å². The van der Waals surface area contributed by atoms with Gasteiger partial charge in [-0.05, 0) is 31.4 Å². The molecule has 1 saturated heterocycles. The van der Waals surface area contributed by atoms with Crippen molar-refractivity contribution in [1.29, 1.82) is 0 Å². The van der Waals surface area contributed by atoms with Crippen molar-refractivity contribution in [2.75, 3.05) is 36.4 Å². The summed E-state index contributed by atoms with van der Waals surface area (Å²) in [5, 5.41) is 7.28. The fourth-order valence-corrected chi connectivity index (χ4v) is 3.63. The van der Waals surface area contributed by atoms with E-state index in [4.69, 9.17) is 0 Å². The Morgan fingerprint density at radius 3 is 2.86 bits per heavy atom. The van der Waals surface area contributed by atoms with Gasteiger partial charge in [0.15, 0.2) is 0 Å². The lowest BCUT2D eigenvalue weighted by Gasteiger charge is -2.17. The average Bonchev–Trinajstić information content (AvgIpc) is 3.36. The number of anilines is 2. The van der Waals surface area contributed by atoms with E-state index >= 15 is 0 Å². The van der Waals surface area contributed by atoms with Crippen molar-refractivity contribution in [2.45, 2.75) is 26.2 Å². The molecule has 1 aliphatic rings. The third-order valence-corrected chi connectivity index (χ3v) is 5.03. The molecule has 0 unspecified atom stereocenters. The molecule has 0 bridgehead atoms. The molecule has 3 heterocycles. The Hall–Kier alpha value is -3.09. The third kappa shape index (κ3) is 4.24. The van der Waals surface area contributed by atoms with Gasteiger partial charge < -0.3 is 20.5 Å². The second-order valence-electron chi connectivity index (χ2n) is 7.20. The molecule has 2 aromatic heterocycles. The van der Waals surface area contributed by atoms with E-state index in [1.54, 1.807) is 0 Å². The maximum atomic E-state index is 12.3. The number of carbonyl (C=O) groups is 1. The molecule has 1 amide bonds. The molecule has 0 aliphatic carbocycles. The number of benzene rings is 1. The monoisotopic (exact) mass is 378 g/mol. The van der Waals surface area contributed by atoms with E-state index in [0.29, 0.717) is 25.5 Å². The smallest absolute Gasteiger partial charge is 0.224 e. The molecule has 146 valence electrons. The summed E-state index contributed by atoms with van der Waals surface area (Å²) in [5.74, 6) is 1.61. The maximum Gasteiger partial charge on any atom is 0.224 e. The van der Waals surface area contributed by atoms with Crippen LogP contribution in [0.2, 0.25) is 0 Å². The second kappa shape index (κ2) is 8.29. The number of hydrogen-bond acceptors (Lipinski definition) is 5. The van der Waals surface area contributed by atoms with Gasteiger partial charge >= 0.3 is 0 Å². The number of aryl methyl sites for hydroxylation is 1. The van der Waals surface area contributed by atoms with Gasteiger partial charge in [0, 0.05) is 55.0 Å². The molecule has 1 aliphatic heterocycles. The van der Waals surface area contributed by atoms with E-state index in [0.717, 1.165) is 41.1 Å². The van der Waals surface area contributed by atoms with Gasteiger partial charge in [-0.2, -0.15) is 4.98 Å². The Bertz CT molecular complexity index is 960. The Balaban J connectivity index is 1.27. The van der Waals surface area contributed by atoms with Crippen LogP contribution in [0.1, 0.15) is 24.1 Å². The van der Waals surface area contributed by atoms with Crippen molar-refractivity contribution in [3.8, 4) is 0 Å². The summed E-state index contributed by atoms with van der Waals surface area (Å²) in [7, 11) is 0. The molecular weight excluding hydrogens is 352 g/mol. The van der Waals surface area contributed by atoms with Crippen LogP contribution in [-0.4, -0.2) is 47.0 Å². The van der Waals surface area contributed by atoms with E-state index in [9.17, 15) is 4.79 Å². The number of nitrogens with one attached hydrogen (secondary N) is 3. The second-order valence-corrected chi connectivity index (χ2v) is 7.20. The number of para-hydroxylation sites is 1. The average molecular weight is 378 g/mol. The van der Waals surface area contributed by atoms with Crippen LogP contribution in [0.15, 0.2) is 36.5 Å². The zero-order chi connectivity index (χ0) is 19.3. The highest BCUT2D eigenvalue weighted by atomic mass is 16.1.